The zero-order valence-corrected chi connectivity index (χ0v) is 14.3. The number of likely N-dealkylation sites (tertiary alicyclic amines) is 1. The van der Waals surface area contributed by atoms with E-state index in [-0.39, 0.29) is 0 Å². The van der Waals surface area contributed by atoms with Gasteiger partial charge in [0.15, 0.2) is 5.96 Å². The summed E-state index contributed by atoms with van der Waals surface area (Å²) in [5.41, 5.74) is 0. The summed E-state index contributed by atoms with van der Waals surface area (Å²) in [6, 6.07) is 4.46. The topological polar surface area (TPSA) is 52.8 Å². The Hall–Kier alpha value is -1.49. The van der Waals surface area contributed by atoms with E-state index < -0.39 is 0 Å². The molecule has 0 aromatic carbocycles. The van der Waals surface area contributed by atoms with Crippen LogP contribution in [0.5, 0.6) is 0 Å². The van der Waals surface area contributed by atoms with Crippen molar-refractivity contribution in [2.75, 3.05) is 33.2 Å². The lowest BCUT2D eigenvalue weighted by atomic mass is 10.1. The van der Waals surface area contributed by atoms with E-state index in [4.69, 9.17) is 4.42 Å². The standard InChI is InChI=1S/C18H30N4O/c1-19-18(20-10-8-17-7-4-12-23-17)21-16-9-11-22(14-16)13-15-5-2-3-6-15/h4,7,12,15-16H,2-3,5-6,8-11,13-14H2,1H3,(H2,19,20,21). The molecule has 0 radical (unpaired) electrons. The molecule has 1 aliphatic carbocycles. The van der Waals surface area contributed by atoms with Gasteiger partial charge < -0.3 is 20.0 Å². The molecule has 1 unspecified atom stereocenters. The molecule has 128 valence electrons. The second-order valence-corrected chi connectivity index (χ2v) is 6.87. The summed E-state index contributed by atoms with van der Waals surface area (Å²) in [6.07, 6.45) is 9.56. The minimum Gasteiger partial charge on any atom is -0.469 e. The van der Waals surface area contributed by atoms with E-state index in [1.807, 2.05) is 19.2 Å². The summed E-state index contributed by atoms with van der Waals surface area (Å²) >= 11 is 0. The van der Waals surface area contributed by atoms with Gasteiger partial charge in [-0.05, 0) is 37.3 Å². The molecule has 0 amide bonds. The summed E-state index contributed by atoms with van der Waals surface area (Å²) in [5.74, 6) is 2.86. The van der Waals surface area contributed by atoms with Crippen molar-refractivity contribution in [1.29, 1.82) is 0 Å². The Morgan fingerprint density at radius 3 is 2.96 bits per heavy atom. The predicted molar refractivity (Wildman–Crippen MR) is 93.7 cm³/mol. The fourth-order valence-electron chi connectivity index (χ4n) is 3.82. The minimum absolute atomic E-state index is 0.520. The molecule has 2 fully saturated rings. The van der Waals surface area contributed by atoms with Crippen LogP contribution in [0.2, 0.25) is 0 Å². The molecule has 2 N–H and O–H groups in total. The summed E-state index contributed by atoms with van der Waals surface area (Å²) in [6.45, 7) is 4.50. The van der Waals surface area contributed by atoms with Crippen molar-refractivity contribution in [2.45, 2.75) is 44.6 Å². The first-order valence-corrected chi connectivity index (χ1v) is 9.05. The average Bonchev–Trinajstić information content (AvgIpc) is 3.30. The van der Waals surface area contributed by atoms with Crippen molar-refractivity contribution in [3.8, 4) is 0 Å². The molecule has 1 aromatic rings. The van der Waals surface area contributed by atoms with Crippen molar-refractivity contribution < 1.29 is 4.42 Å². The van der Waals surface area contributed by atoms with Gasteiger partial charge in [0, 0.05) is 45.7 Å². The van der Waals surface area contributed by atoms with Crippen molar-refractivity contribution >= 4 is 5.96 Å². The second-order valence-electron chi connectivity index (χ2n) is 6.87. The SMILES string of the molecule is CN=C(NCCc1ccco1)NC1CCN(CC2CCCC2)C1. The third kappa shape index (κ3) is 4.99. The normalized spacial score (nSPS) is 23.5. The Labute approximate surface area is 139 Å². The monoisotopic (exact) mass is 318 g/mol. The van der Waals surface area contributed by atoms with Gasteiger partial charge >= 0.3 is 0 Å². The molecule has 23 heavy (non-hydrogen) atoms. The first kappa shape index (κ1) is 16.4. The molecule has 5 nitrogen and oxygen atoms in total. The Morgan fingerprint density at radius 2 is 2.22 bits per heavy atom. The lowest BCUT2D eigenvalue weighted by Gasteiger charge is -2.21. The highest BCUT2D eigenvalue weighted by molar-refractivity contribution is 5.80. The van der Waals surface area contributed by atoms with Crippen LogP contribution in [-0.4, -0.2) is 50.1 Å². The van der Waals surface area contributed by atoms with Gasteiger partial charge in [0.25, 0.3) is 0 Å². The molecule has 0 bridgehead atoms. The Balaban J connectivity index is 1.35. The molecule has 1 aliphatic heterocycles. The fraction of sp³-hybridized carbons (Fsp3) is 0.722. The Kier molecular flexibility index (Phi) is 5.97. The summed E-state index contributed by atoms with van der Waals surface area (Å²) in [5, 5.41) is 6.95. The van der Waals surface area contributed by atoms with E-state index in [2.05, 4.69) is 20.5 Å². The molecule has 2 aliphatic rings. The zero-order chi connectivity index (χ0) is 15.9. The van der Waals surface area contributed by atoms with Crippen LogP contribution in [0.3, 0.4) is 0 Å². The van der Waals surface area contributed by atoms with E-state index in [0.29, 0.717) is 6.04 Å². The Bertz CT molecular complexity index is 479. The molecule has 1 atom stereocenters. The van der Waals surface area contributed by atoms with Crippen LogP contribution in [0.25, 0.3) is 0 Å². The van der Waals surface area contributed by atoms with Gasteiger partial charge in [-0.25, -0.2) is 0 Å². The molecule has 2 heterocycles. The molecular formula is C18H30N4O. The van der Waals surface area contributed by atoms with Crippen molar-refractivity contribution in [3.05, 3.63) is 24.2 Å². The molecule has 1 aromatic heterocycles. The van der Waals surface area contributed by atoms with Gasteiger partial charge in [-0.1, -0.05) is 12.8 Å². The van der Waals surface area contributed by atoms with Gasteiger partial charge in [-0.15, -0.1) is 0 Å². The number of nitrogens with zero attached hydrogens (tertiary/aromatic N) is 2. The third-order valence-corrected chi connectivity index (χ3v) is 5.07. The Morgan fingerprint density at radius 1 is 1.35 bits per heavy atom. The maximum atomic E-state index is 5.35. The highest BCUT2D eigenvalue weighted by Gasteiger charge is 2.26. The highest BCUT2D eigenvalue weighted by Crippen LogP contribution is 2.26. The number of nitrogens with one attached hydrogen (secondary N) is 2. The number of aliphatic imine (C=N–C) groups is 1. The van der Waals surface area contributed by atoms with Crippen molar-refractivity contribution in [2.24, 2.45) is 10.9 Å². The lowest BCUT2D eigenvalue weighted by molar-refractivity contribution is 0.275. The van der Waals surface area contributed by atoms with Gasteiger partial charge in [0.1, 0.15) is 5.76 Å². The van der Waals surface area contributed by atoms with E-state index >= 15 is 0 Å². The highest BCUT2D eigenvalue weighted by atomic mass is 16.3. The first-order valence-electron chi connectivity index (χ1n) is 9.05. The second kappa shape index (κ2) is 8.39. The van der Waals surface area contributed by atoms with Crippen molar-refractivity contribution in [1.82, 2.24) is 15.5 Å². The third-order valence-electron chi connectivity index (χ3n) is 5.07. The first-order chi connectivity index (χ1) is 11.3. The molecule has 1 saturated heterocycles. The molecular weight excluding hydrogens is 288 g/mol. The van der Waals surface area contributed by atoms with Crippen molar-refractivity contribution in [3.63, 3.8) is 0 Å². The molecule has 3 rings (SSSR count). The van der Waals surface area contributed by atoms with Crippen LogP contribution in [-0.2, 0) is 6.42 Å². The summed E-state index contributed by atoms with van der Waals surface area (Å²) in [7, 11) is 1.84. The lowest BCUT2D eigenvalue weighted by Crippen LogP contribution is -2.45. The smallest absolute Gasteiger partial charge is 0.191 e. The molecule has 5 heteroatoms. The minimum atomic E-state index is 0.520. The summed E-state index contributed by atoms with van der Waals surface area (Å²) < 4.78 is 5.35. The quantitative estimate of drug-likeness (QED) is 0.624. The number of hydrogen-bond donors (Lipinski definition) is 2. The molecule has 1 saturated carbocycles. The maximum absolute atomic E-state index is 5.35. The predicted octanol–water partition coefficient (Wildman–Crippen LogP) is 2.25. The van der Waals surface area contributed by atoms with E-state index in [9.17, 15) is 0 Å². The van der Waals surface area contributed by atoms with E-state index in [1.165, 1.54) is 45.2 Å². The van der Waals surface area contributed by atoms with Gasteiger partial charge in [-0.3, -0.25) is 4.99 Å². The fourth-order valence-corrected chi connectivity index (χ4v) is 3.82. The van der Waals surface area contributed by atoms with Crippen LogP contribution in [0.4, 0.5) is 0 Å². The maximum Gasteiger partial charge on any atom is 0.191 e. The van der Waals surface area contributed by atoms with Crippen LogP contribution in [0, 0.1) is 5.92 Å². The van der Waals surface area contributed by atoms with Crippen LogP contribution < -0.4 is 10.6 Å². The number of rotatable bonds is 6. The zero-order valence-electron chi connectivity index (χ0n) is 14.3. The van der Waals surface area contributed by atoms with Crippen LogP contribution in [0.15, 0.2) is 27.8 Å². The number of guanidine groups is 1. The number of furan rings is 1. The van der Waals surface area contributed by atoms with E-state index in [1.54, 1.807) is 6.26 Å². The molecule has 0 spiro atoms. The van der Waals surface area contributed by atoms with Gasteiger partial charge in [0.2, 0.25) is 0 Å². The van der Waals surface area contributed by atoms with Gasteiger partial charge in [-0.2, -0.15) is 0 Å². The average molecular weight is 318 g/mol. The van der Waals surface area contributed by atoms with Crippen LogP contribution in [0.1, 0.15) is 37.9 Å². The van der Waals surface area contributed by atoms with Gasteiger partial charge in [0.05, 0.1) is 6.26 Å². The number of hydrogen-bond acceptors (Lipinski definition) is 3. The summed E-state index contributed by atoms with van der Waals surface area (Å²) in [4.78, 5) is 6.97. The largest absolute Gasteiger partial charge is 0.469 e. The van der Waals surface area contributed by atoms with Crippen LogP contribution >= 0.6 is 0 Å². The van der Waals surface area contributed by atoms with E-state index in [0.717, 1.165) is 37.1 Å².